The van der Waals surface area contributed by atoms with Crippen LogP contribution in [0.15, 0.2) is 47.1 Å². The molecule has 0 atom stereocenters. The van der Waals surface area contributed by atoms with Gasteiger partial charge in [-0.2, -0.15) is 0 Å². The lowest BCUT2D eigenvalue weighted by Gasteiger charge is -2.08. The van der Waals surface area contributed by atoms with Crippen molar-refractivity contribution in [3.63, 3.8) is 0 Å². The number of fused-ring (bicyclic) bond motifs is 5. The average molecular weight is 369 g/mol. The number of amides is 1. The molecule has 0 radical (unpaired) electrons. The van der Waals surface area contributed by atoms with Crippen LogP contribution in [-0.2, 0) is 6.42 Å². The quantitative estimate of drug-likeness (QED) is 0.464. The summed E-state index contributed by atoms with van der Waals surface area (Å²) in [5.74, 6) is -0.228. The fraction of sp³-hybridized carbons (Fsp3) is 0.0526. The molecule has 5 rings (SSSR count). The van der Waals surface area contributed by atoms with Gasteiger partial charge in [0.25, 0.3) is 5.91 Å². The van der Waals surface area contributed by atoms with Gasteiger partial charge >= 0.3 is 0 Å². The van der Waals surface area contributed by atoms with Crippen LogP contribution in [0.1, 0.15) is 21.5 Å². The molecule has 1 aliphatic rings. The van der Waals surface area contributed by atoms with Gasteiger partial charge in [-0.05, 0) is 35.9 Å². The first-order valence-electron chi connectivity index (χ1n) is 7.70. The van der Waals surface area contributed by atoms with Gasteiger partial charge in [0, 0.05) is 41.2 Å². The van der Waals surface area contributed by atoms with Crippen molar-refractivity contribution in [3.05, 3.63) is 69.5 Å². The first kappa shape index (κ1) is 14.8. The van der Waals surface area contributed by atoms with Crippen molar-refractivity contribution < 1.29 is 9.21 Å². The highest BCUT2D eigenvalue weighted by Crippen LogP contribution is 2.50. The van der Waals surface area contributed by atoms with Crippen LogP contribution in [0.2, 0.25) is 10.0 Å². The largest absolute Gasteiger partial charge is 0.455 e. The number of nitrogens with zero attached hydrogens (tertiary/aromatic N) is 1. The molecule has 0 unspecified atom stereocenters. The van der Waals surface area contributed by atoms with E-state index in [1.165, 1.54) is 5.56 Å². The predicted octanol–water partition coefficient (Wildman–Crippen LogP) is 5.40. The number of pyridine rings is 1. The second-order valence-corrected chi connectivity index (χ2v) is 6.78. The van der Waals surface area contributed by atoms with Crippen LogP contribution in [0, 0.1) is 0 Å². The van der Waals surface area contributed by atoms with Crippen molar-refractivity contribution >= 4 is 46.0 Å². The number of halogens is 2. The van der Waals surface area contributed by atoms with Gasteiger partial charge in [0.2, 0.25) is 0 Å². The van der Waals surface area contributed by atoms with Gasteiger partial charge in [0.1, 0.15) is 11.2 Å². The Labute approximate surface area is 152 Å². The molecule has 1 aliphatic carbocycles. The van der Waals surface area contributed by atoms with Crippen LogP contribution < -0.4 is 5.32 Å². The number of furan rings is 2. The lowest BCUT2D eigenvalue weighted by molar-refractivity contribution is 0.102. The summed E-state index contributed by atoms with van der Waals surface area (Å²) >= 11 is 12.0. The minimum atomic E-state index is -0.228. The Bertz CT molecular complexity index is 1140. The highest BCUT2D eigenvalue weighted by atomic mass is 35.5. The van der Waals surface area contributed by atoms with Crippen LogP contribution >= 0.6 is 23.2 Å². The van der Waals surface area contributed by atoms with Crippen LogP contribution in [0.4, 0.5) is 5.69 Å². The summed E-state index contributed by atoms with van der Waals surface area (Å²) in [7, 11) is 0. The number of nitrogens with one attached hydrogen (secondary N) is 1. The zero-order valence-electron chi connectivity index (χ0n) is 12.8. The van der Waals surface area contributed by atoms with Crippen LogP contribution in [0.5, 0.6) is 0 Å². The maximum atomic E-state index is 13.0. The molecular formula is C19H10Cl2N2O2. The number of hydrogen-bond donors (Lipinski definition) is 1. The number of benzene rings is 2. The minimum Gasteiger partial charge on any atom is -0.455 e. The summed E-state index contributed by atoms with van der Waals surface area (Å²) < 4.78 is 5.87. The van der Waals surface area contributed by atoms with Crippen molar-refractivity contribution in [3.8, 4) is 11.1 Å². The zero-order chi connectivity index (χ0) is 17.1. The molecule has 2 bridgehead atoms. The molecule has 4 aromatic rings. The maximum absolute atomic E-state index is 13.0. The van der Waals surface area contributed by atoms with Crippen molar-refractivity contribution in [1.29, 1.82) is 0 Å². The topological polar surface area (TPSA) is 55.1 Å². The summed E-state index contributed by atoms with van der Waals surface area (Å²) in [6.45, 7) is 0. The molecule has 1 N–H and O–H groups in total. The zero-order valence-corrected chi connectivity index (χ0v) is 14.3. The molecule has 1 amide bonds. The fourth-order valence-electron chi connectivity index (χ4n) is 3.20. The number of carbonyl (C=O) groups excluding carboxylic acids is 1. The van der Waals surface area contributed by atoms with E-state index in [0.717, 1.165) is 28.7 Å². The molecule has 3 aromatic heterocycles. The second-order valence-electron chi connectivity index (χ2n) is 5.96. The molecule has 0 spiro atoms. The summed E-state index contributed by atoms with van der Waals surface area (Å²) in [6.07, 6.45) is 4.30. The standard InChI is InChI=1S/C19H10Cl2N2O2/c20-13-2-1-10(7-14(13)21)23-19(24)16-15(9-3-5-22-6-4-9)17-11-8-12(11)18(16)25-17/h1-7H,8H2,(H,23,24). The molecule has 0 aliphatic heterocycles. The van der Waals surface area contributed by atoms with Gasteiger partial charge in [-0.15, -0.1) is 0 Å². The van der Waals surface area contributed by atoms with E-state index in [1.54, 1.807) is 30.6 Å². The summed E-state index contributed by atoms with van der Waals surface area (Å²) in [5.41, 5.74) is 6.69. The normalized spacial score (nSPS) is 12.4. The monoisotopic (exact) mass is 368 g/mol. The third-order valence-corrected chi connectivity index (χ3v) is 5.16. The number of rotatable bonds is 3. The molecule has 0 saturated heterocycles. The highest BCUT2D eigenvalue weighted by molar-refractivity contribution is 6.42. The third-order valence-electron chi connectivity index (χ3n) is 4.42. The highest BCUT2D eigenvalue weighted by Gasteiger charge is 2.38. The lowest BCUT2D eigenvalue weighted by Crippen LogP contribution is -2.12. The van der Waals surface area contributed by atoms with Crippen LogP contribution in [-0.4, -0.2) is 10.9 Å². The minimum absolute atomic E-state index is 0.228. The average Bonchev–Trinajstić information content (AvgIpc) is 3.23. The van der Waals surface area contributed by atoms with E-state index in [1.807, 2.05) is 12.1 Å². The van der Waals surface area contributed by atoms with Gasteiger partial charge in [-0.25, -0.2) is 0 Å². The van der Waals surface area contributed by atoms with Crippen molar-refractivity contribution in [2.75, 3.05) is 5.32 Å². The van der Waals surface area contributed by atoms with Gasteiger partial charge in [0.15, 0.2) is 0 Å². The number of anilines is 1. The third kappa shape index (κ3) is 2.22. The molecule has 3 heterocycles. The molecule has 0 fully saturated rings. The van der Waals surface area contributed by atoms with Crippen molar-refractivity contribution in [2.24, 2.45) is 0 Å². The van der Waals surface area contributed by atoms with E-state index in [9.17, 15) is 4.79 Å². The Morgan fingerprint density at radius 3 is 2.56 bits per heavy atom. The molecule has 122 valence electrons. The molecule has 25 heavy (non-hydrogen) atoms. The predicted molar refractivity (Wildman–Crippen MR) is 97.9 cm³/mol. The Morgan fingerprint density at radius 1 is 1.04 bits per heavy atom. The SMILES string of the molecule is O=C(Nc1ccc(Cl)c(Cl)c1)c1c(-c2ccncc2)c2oc1c1c2C1. The summed E-state index contributed by atoms with van der Waals surface area (Å²) in [4.78, 5) is 17.0. The smallest absolute Gasteiger partial charge is 0.260 e. The Morgan fingerprint density at radius 2 is 1.80 bits per heavy atom. The van der Waals surface area contributed by atoms with Crippen LogP contribution in [0.25, 0.3) is 22.3 Å². The van der Waals surface area contributed by atoms with Gasteiger partial charge in [-0.3, -0.25) is 9.78 Å². The van der Waals surface area contributed by atoms with E-state index in [0.29, 0.717) is 26.9 Å². The Kier molecular flexibility index (Phi) is 3.08. The molecule has 0 saturated carbocycles. The molecular weight excluding hydrogens is 359 g/mol. The van der Waals surface area contributed by atoms with Crippen molar-refractivity contribution in [2.45, 2.75) is 6.42 Å². The fourth-order valence-corrected chi connectivity index (χ4v) is 3.50. The Balaban J connectivity index is 1.59. The molecule has 6 heteroatoms. The molecule has 1 aromatic carbocycles. The number of aromatic nitrogens is 1. The number of hydrogen-bond acceptors (Lipinski definition) is 3. The second kappa shape index (κ2) is 5.22. The van der Waals surface area contributed by atoms with E-state index in [-0.39, 0.29) is 5.91 Å². The molecule has 4 nitrogen and oxygen atoms in total. The summed E-state index contributed by atoms with van der Waals surface area (Å²) in [5, 5.41) is 3.72. The Hall–Kier alpha value is -2.56. The summed E-state index contributed by atoms with van der Waals surface area (Å²) in [6, 6.07) is 8.75. The maximum Gasteiger partial charge on any atom is 0.260 e. The first-order valence-corrected chi connectivity index (χ1v) is 8.45. The lowest BCUT2D eigenvalue weighted by atomic mass is 10.00. The first-order chi connectivity index (χ1) is 12.1. The number of carbonyl (C=O) groups is 1. The van der Waals surface area contributed by atoms with Gasteiger partial charge < -0.3 is 9.73 Å². The van der Waals surface area contributed by atoms with E-state index in [2.05, 4.69) is 10.3 Å². The van der Waals surface area contributed by atoms with Gasteiger partial charge in [-0.1, -0.05) is 23.2 Å². The van der Waals surface area contributed by atoms with E-state index >= 15 is 0 Å². The van der Waals surface area contributed by atoms with Crippen LogP contribution in [0.3, 0.4) is 0 Å². The van der Waals surface area contributed by atoms with Gasteiger partial charge in [0.05, 0.1) is 15.6 Å². The van der Waals surface area contributed by atoms with Crippen molar-refractivity contribution in [1.82, 2.24) is 4.98 Å². The van der Waals surface area contributed by atoms with E-state index < -0.39 is 0 Å². The van der Waals surface area contributed by atoms with E-state index in [4.69, 9.17) is 27.6 Å².